The van der Waals surface area contributed by atoms with Crippen molar-refractivity contribution in [2.24, 2.45) is 0 Å². The van der Waals surface area contributed by atoms with E-state index in [4.69, 9.17) is 4.74 Å². The zero-order valence-corrected chi connectivity index (χ0v) is 17.6. The smallest absolute Gasteiger partial charge is 0.257 e. The number of H-pyrrole nitrogens is 1. The highest BCUT2D eigenvalue weighted by Gasteiger charge is 2.24. The van der Waals surface area contributed by atoms with E-state index in [1.165, 1.54) is 0 Å². The van der Waals surface area contributed by atoms with Gasteiger partial charge in [0.1, 0.15) is 5.75 Å². The second-order valence-corrected chi connectivity index (χ2v) is 8.55. The highest BCUT2D eigenvalue weighted by Crippen LogP contribution is 2.25. The van der Waals surface area contributed by atoms with Crippen molar-refractivity contribution in [1.29, 1.82) is 0 Å². The molecular formula is C23H31N3O3. The van der Waals surface area contributed by atoms with E-state index in [9.17, 15) is 9.59 Å². The number of aromatic amines is 1. The van der Waals surface area contributed by atoms with Gasteiger partial charge in [-0.2, -0.15) is 0 Å². The van der Waals surface area contributed by atoms with Crippen LogP contribution in [0.3, 0.4) is 0 Å². The molecule has 3 rings (SSSR count). The topological polar surface area (TPSA) is 83.2 Å². The molecule has 1 heterocycles. The predicted octanol–water partition coefficient (Wildman–Crippen LogP) is 4.33. The normalized spacial score (nSPS) is 14.2. The van der Waals surface area contributed by atoms with Crippen LogP contribution in [0, 0.1) is 0 Å². The van der Waals surface area contributed by atoms with Crippen molar-refractivity contribution in [3.63, 3.8) is 0 Å². The van der Waals surface area contributed by atoms with Crippen molar-refractivity contribution in [3.8, 4) is 5.75 Å². The first-order valence-electron chi connectivity index (χ1n) is 10.4. The van der Waals surface area contributed by atoms with Gasteiger partial charge < -0.3 is 20.4 Å². The molecular weight excluding hydrogens is 366 g/mol. The van der Waals surface area contributed by atoms with E-state index in [2.05, 4.69) is 36.4 Å². The van der Waals surface area contributed by atoms with Crippen LogP contribution in [0.4, 0.5) is 5.69 Å². The Morgan fingerprint density at radius 3 is 2.79 bits per heavy atom. The van der Waals surface area contributed by atoms with E-state index >= 15 is 0 Å². The van der Waals surface area contributed by atoms with Crippen molar-refractivity contribution >= 4 is 17.4 Å². The number of carbonyl (C=O) groups is 2. The van der Waals surface area contributed by atoms with Gasteiger partial charge >= 0.3 is 0 Å². The van der Waals surface area contributed by atoms with Crippen LogP contribution < -0.4 is 15.4 Å². The summed E-state index contributed by atoms with van der Waals surface area (Å²) < 4.78 is 5.81. The Hall–Kier alpha value is -2.60. The number of ketones is 1. The number of aryl methyl sites for hydroxylation is 1. The number of Topliss-reactive ketones (excluding diaryl/α,β-unsaturated/α-hetero) is 1. The third kappa shape index (κ3) is 5.94. The first-order chi connectivity index (χ1) is 13.8. The van der Waals surface area contributed by atoms with Gasteiger partial charge in [0.15, 0.2) is 5.78 Å². The monoisotopic (exact) mass is 397 g/mol. The summed E-state index contributed by atoms with van der Waals surface area (Å²) in [6, 6.07) is 7.35. The number of ether oxygens (including phenoxy) is 1. The van der Waals surface area contributed by atoms with Crippen LogP contribution in [0.25, 0.3) is 0 Å². The fourth-order valence-electron chi connectivity index (χ4n) is 3.46. The Morgan fingerprint density at radius 1 is 1.21 bits per heavy atom. The maximum Gasteiger partial charge on any atom is 0.257 e. The molecule has 1 aliphatic rings. The zero-order valence-electron chi connectivity index (χ0n) is 17.6. The van der Waals surface area contributed by atoms with E-state index < -0.39 is 0 Å². The Kier molecular flexibility index (Phi) is 6.75. The summed E-state index contributed by atoms with van der Waals surface area (Å²) in [6.07, 6.45) is 5.68. The molecule has 1 aromatic carbocycles. The minimum Gasteiger partial charge on any atom is -0.493 e. The van der Waals surface area contributed by atoms with Crippen molar-refractivity contribution in [1.82, 2.24) is 10.3 Å². The van der Waals surface area contributed by atoms with Gasteiger partial charge in [-0.1, -0.05) is 6.07 Å². The van der Waals surface area contributed by atoms with Crippen LogP contribution >= 0.6 is 0 Å². The van der Waals surface area contributed by atoms with Gasteiger partial charge in [-0.05, 0) is 65.1 Å². The van der Waals surface area contributed by atoms with E-state index in [1.54, 1.807) is 6.20 Å². The summed E-state index contributed by atoms with van der Waals surface area (Å²) >= 11 is 0. The lowest BCUT2D eigenvalue weighted by molar-refractivity contribution is 0.0965. The molecule has 0 unspecified atom stereocenters. The maximum atomic E-state index is 12.8. The van der Waals surface area contributed by atoms with Gasteiger partial charge in [0.05, 0.1) is 17.7 Å². The van der Waals surface area contributed by atoms with Gasteiger partial charge in [-0.15, -0.1) is 0 Å². The lowest BCUT2D eigenvalue weighted by atomic mass is 10.0. The average Bonchev–Trinajstić information content (AvgIpc) is 3.00. The lowest BCUT2D eigenvalue weighted by Crippen LogP contribution is -2.36. The highest BCUT2D eigenvalue weighted by molar-refractivity contribution is 6.13. The van der Waals surface area contributed by atoms with Gasteiger partial charge in [0, 0.05) is 35.6 Å². The van der Waals surface area contributed by atoms with Crippen LogP contribution in [0.2, 0.25) is 0 Å². The van der Waals surface area contributed by atoms with Crippen molar-refractivity contribution in [2.75, 3.05) is 18.5 Å². The number of rotatable bonds is 7. The molecule has 29 heavy (non-hydrogen) atoms. The summed E-state index contributed by atoms with van der Waals surface area (Å²) in [5.41, 5.74) is 2.60. The van der Waals surface area contributed by atoms with E-state index in [0.29, 0.717) is 35.6 Å². The number of hydrogen-bond donors (Lipinski definition) is 3. The molecule has 156 valence electrons. The SMILES string of the molecule is CC(C)(C)NCCCOc1cccc(NC(=O)c2c[nH]c3c2C(=O)CCCC3)c1. The second-order valence-electron chi connectivity index (χ2n) is 8.55. The summed E-state index contributed by atoms with van der Waals surface area (Å²) in [5.74, 6) is 0.483. The van der Waals surface area contributed by atoms with E-state index in [1.807, 2.05) is 24.3 Å². The third-order valence-electron chi connectivity index (χ3n) is 4.90. The van der Waals surface area contributed by atoms with Crippen LogP contribution in [-0.2, 0) is 6.42 Å². The summed E-state index contributed by atoms with van der Waals surface area (Å²) in [5, 5.41) is 6.32. The van der Waals surface area contributed by atoms with Gasteiger partial charge in [-0.3, -0.25) is 9.59 Å². The number of amides is 1. The molecule has 0 fully saturated rings. The van der Waals surface area contributed by atoms with Gasteiger partial charge in [0.25, 0.3) is 5.91 Å². The molecule has 6 heteroatoms. The Labute approximate surface area is 172 Å². The molecule has 2 aromatic rings. The lowest BCUT2D eigenvalue weighted by Gasteiger charge is -2.20. The van der Waals surface area contributed by atoms with Crippen molar-refractivity contribution in [2.45, 2.75) is 58.4 Å². The standard InChI is InChI=1S/C23H31N3O3/c1-23(2,3)25-12-7-13-29-17-9-6-8-16(14-17)26-22(28)18-15-24-19-10-4-5-11-20(27)21(18)19/h6,8-9,14-15,24-25H,4-5,7,10-13H2,1-3H3,(H,26,28). The first kappa shape index (κ1) is 21.1. The summed E-state index contributed by atoms with van der Waals surface area (Å²) in [7, 11) is 0. The number of anilines is 1. The van der Waals surface area contributed by atoms with E-state index in [-0.39, 0.29) is 17.2 Å². The number of hydrogen-bond acceptors (Lipinski definition) is 4. The maximum absolute atomic E-state index is 12.8. The van der Waals surface area contributed by atoms with Gasteiger partial charge in [0.2, 0.25) is 0 Å². The molecule has 1 aromatic heterocycles. The number of benzene rings is 1. The van der Waals surface area contributed by atoms with Crippen LogP contribution in [-0.4, -0.2) is 35.4 Å². The van der Waals surface area contributed by atoms with Gasteiger partial charge in [-0.25, -0.2) is 0 Å². The van der Waals surface area contributed by atoms with Crippen LogP contribution in [0.15, 0.2) is 30.5 Å². The molecule has 0 saturated heterocycles. The predicted molar refractivity (Wildman–Crippen MR) is 115 cm³/mol. The Balaban J connectivity index is 1.59. The Bertz CT molecular complexity index is 864. The quantitative estimate of drug-likeness (QED) is 0.480. The molecule has 0 spiro atoms. The summed E-state index contributed by atoms with van der Waals surface area (Å²) in [6.45, 7) is 7.89. The molecule has 3 N–H and O–H groups in total. The fraction of sp³-hybridized carbons (Fsp3) is 0.478. The molecule has 0 saturated carbocycles. The summed E-state index contributed by atoms with van der Waals surface area (Å²) in [4.78, 5) is 28.3. The molecule has 1 aliphatic carbocycles. The number of nitrogens with one attached hydrogen (secondary N) is 3. The molecule has 6 nitrogen and oxygen atoms in total. The molecule has 0 atom stereocenters. The number of aromatic nitrogens is 1. The van der Waals surface area contributed by atoms with E-state index in [0.717, 1.165) is 37.9 Å². The zero-order chi connectivity index (χ0) is 20.9. The Morgan fingerprint density at radius 2 is 2.00 bits per heavy atom. The van der Waals surface area contributed by atoms with Crippen LogP contribution in [0.1, 0.15) is 72.9 Å². The first-order valence-corrected chi connectivity index (χ1v) is 10.4. The molecule has 1 amide bonds. The average molecular weight is 398 g/mol. The second kappa shape index (κ2) is 9.27. The molecule has 0 bridgehead atoms. The molecule has 0 radical (unpaired) electrons. The number of carbonyl (C=O) groups excluding carboxylic acids is 2. The molecule has 0 aliphatic heterocycles. The minimum absolute atomic E-state index is 0.0462. The number of fused-ring (bicyclic) bond motifs is 1. The van der Waals surface area contributed by atoms with Crippen LogP contribution in [0.5, 0.6) is 5.75 Å². The highest BCUT2D eigenvalue weighted by atomic mass is 16.5. The van der Waals surface area contributed by atoms with Crippen molar-refractivity contribution < 1.29 is 14.3 Å². The minimum atomic E-state index is -0.274. The van der Waals surface area contributed by atoms with Crippen molar-refractivity contribution in [3.05, 3.63) is 47.3 Å². The largest absolute Gasteiger partial charge is 0.493 e. The fourth-order valence-corrected chi connectivity index (χ4v) is 3.46. The third-order valence-corrected chi connectivity index (χ3v) is 4.90.